The molecule has 0 aliphatic rings. The van der Waals surface area contributed by atoms with Gasteiger partial charge in [0.25, 0.3) is 0 Å². The van der Waals surface area contributed by atoms with Gasteiger partial charge >= 0.3 is 0 Å². The van der Waals surface area contributed by atoms with Crippen LogP contribution in [-0.4, -0.2) is 49.9 Å². The molecular weight excluding hydrogens is 240 g/mol. The number of hydrogen-bond acceptors (Lipinski definition) is 4. The Bertz CT molecular complexity index is 380. The molecule has 0 saturated carbocycles. The molecule has 0 saturated heterocycles. The Labute approximate surface area is 116 Å². The van der Waals surface area contributed by atoms with Gasteiger partial charge in [-0.15, -0.1) is 0 Å². The fourth-order valence-corrected chi connectivity index (χ4v) is 1.92. The summed E-state index contributed by atoms with van der Waals surface area (Å²) in [6.45, 7) is 4.57. The normalized spacial score (nSPS) is 16.2. The molecule has 3 atom stereocenters. The molecule has 3 unspecified atom stereocenters. The van der Waals surface area contributed by atoms with Crippen molar-refractivity contribution >= 4 is 0 Å². The van der Waals surface area contributed by atoms with E-state index in [-0.39, 0.29) is 18.2 Å². The summed E-state index contributed by atoms with van der Waals surface area (Å²) >= 11 is 0. The number of nitrogens with one attached hydrogen (secondary N) is 1. The van der Waals surface area contributed by atoms with Gasteiger partial charge in [-0.25, -0.2) is 0 Å². The van der Waals surface area contributed by atoms with Crippen LogP contribution in [0.5, 0.6) is 5.75 Å². The number of methoxy groups -OCH3 is 1. The van der Waals surface area contributed by atoms with Gasteiger partial charge in [-0.1, -0.05) is 12.1 Å². The highest BCUT2D eigenvalue weighted by molar-refractivity contribution is 5.30. The molecule has 4 heteroatoms. The monoisotopic (exact) mass is 266 g/mol. The van der Waals surface area contributed by atoms with Crippen molar-refractivity contribution < 1.29 is 9.84 Å². The molecule has 0 aliphatic heterocycles. The maximum atomic E-state index is 9.53. The second-order valence-corrected chi connectivity index (χ2v) is 5.19. The van der Waals surface area contributed by atoms with Crippen molar-refractivity contribution in [2.45, 2.75) is 32.0 Å². The molecular formula is C15H26N2O2. The maximum absolute atomic E-state index is 9.53. The van der Waals surface area contributed by atoms with Gasteiger partial charge in [0.1, 0.15) is 5.75 Å². The Kier molecular flexibility index (Phi) is 6.28. The fourth-order valence-electron chi connectivity index (χ4n) is 1.92. The number of ether oxygens (including phenoxy) is 1. The van der Waals surface area contributed by atoms with Gasteiger partial charge in [-0.2, -0.15) is 0 Å². The fraction of sp³-hybridized carbons (Fsp3) is 0.600. The zero-order valence-electron chi connectivity index (χ0n) is 12.6. The number of rotatable bonds is 7. The summed E-state index contributed by atoms with van der Waals surface area (Å²) in [5.41, 5.74) is 1.20. The zero-order valence-corrected chi connectivity index (χ0v) is 12.6. The summed E-state index contributed by atoms with van der Waals surface area (Å²) in [7, 11) is 5.79. The van der Waals surface area contributed by atoms with Gasteiger partial charge in [0, 0.05) is 18.6 Å². The minimum absolute atomic E-state index is 0.0769. The quantitative estimate of drug-likeness (QED) is 0.788. The molecule has 108 valence electrons. The molecule has 0 amide bonds. The number of likely N-dealkylation sites (N-methyl/N-ethyl adjacent to an activating group) is 1. The second kappa shape index (κ2) is 7.48. The Morgan fingerprint density at radius 1 is 1.32 bits per heavy atom. The number of nitrogens with zero attached hydrogens (tertiary/aromatic N) is 1. The first-order valence-electron chi connectivity index (χ1n) is 6.67. The van der Waals surface area contributed by atoms with Crippen molar-refractivity contribution in [2.24, 2.45) is 0 Å². The Balaban J connectivity index is 2.76. The van der Waals surface area contributed by atoms with Crippen LogP contribution in [0, 0.1) is 0 Å². The van der Waals surface area contributed by atoms with Gasteiger partial charge < -0.3 is 20.1 Å². The Hall–Kier alpha value is -1.10. The van der Waals surface area contributed by atoms with Crippen molar-refractivity contribution in [3.8, 4) is 5.75 Å². The van der Waals surface area contributed by atoms with E-state index in [9.17, 15) is 5.11 Å². The third kappa shape index (κ3) is 4.82. The lowest BCUT2D eigenvalue weighted by Crippen LogP contribution is -2.40. The van der Waals surface area contributed by atoms with E-state index in [4.69, 9.17) is 4.74 Å². The molecule has 1 aromatic rings. The predicted molar refractivity (Wildman–Crippen MR) is 78.6 cm³/mol. The summed E-state index contributed by atoms with van der Waals surface area (Å²) < 4.78 is 5.27. The van der Waals surface area contributed by atoms with E-state index < -0.39 is 0 Å². The van der Waals surface area contributed by atoms with Crippen LogP contribution in [0.3, 0.4) is 0 Å². The van der Waals surface area contributed by atoms with E-state index in [1.165, 1.54) is 5.56 Å². The molecule has 4 nitrogen and oxygen atoms in total. The van der Waals surface area contributed by atoms with E-state index >= 15 is 0 Å². The maximum Gasteiger partial charge on any atom is 0.119 e. The number of aliphatic hydroxyl groups is 1. The summed E-state index contributed by atoms with van der Waals surface area (Å²) in [6.07, 6.45) is -0.354. The minimum atomic E-state index is -0.354. The first-order valence-corrected chi connectivity index (χ1v) is 6.67. The second-order valence-electron chi connectivity index (χ2n) is 5.19. The summed E-state index contributed by atoms with van der Waals surface area (Å²) in [5, 5.41) is 12.9. The molecule has 0 aliphatic carbocycles. The lowest BCUT2D eigenvalue weighted by atomic mass is 10.0. The first-order chi connectivity index (χ1) is 8.95. The Morgan fingerprint density at radius 3 is 2.53 bits per heavy atom. The topological polar surface area (TPSA) is 44.7 Å². The van der Waals surface area contributed by atoms with Gasteiger partial charge in [-0.3, -0.25) is 0 Å². The molecule has 0 spiro atoms. The SMILES string of the molecule is COc1cccc(C(CNC(C)C(C)O)N(C)C)c1. The predicted octanol–water partition coefficient (Wildman–Crippen LogP) is 1.66. The largest absolute Gasteiger partial charge is 0.497 e. The molecule has 0 heterocycles. The van der Waals surface area contributed by atoms with Crippen LogP contribution >= 0.6 is 0 Å². The van der Waals surface area contributed by atoms with Crippen molar-refractivity contribution in [3.05, 3.63) is 29.8 Å². The van der Waals surface area contributed by atoms with Gasteiger partial charge in [0.15, 0.2) is 0 Å². The van der Waals surface area contributed by atoms with E-state index in [0.29, 0.717) is 0 Å². The lowest BCUT2D eigenvalue weighted by Gasteiger charge is -2.28. The van der Waals surface area contributed by atoms with Crippen LogP contribution in [-0.2, 0) is 0 Å². The van der Waals surface area contributed by atoms with Crippen molar-refractivity contribution in [1.29, 1.82) is 0 Å². The van der Waals surface area contributed by atoms with Gasteiger partial charge in [0.05, 0.1) is 13.2 Å². The molecule has 1 rings (SSSR count). The van der Waals surface area contributed by atoms with Crippen molar-refractivity contribution in [1.82, 2.24) is 10.2 Å². The highest BCUT2D eigenvalue weighted by atomic mass is 16.5. The molecule has 0 bridgehead atoms. The highest BCUT2D eigenvalue weighted by Gasteiger charge is 2.17. The number of benzene rings is 1. The zero-order chi connectivity index (χ0) is 14.4. The van der Waals surface area contributed by atoms with E-state index in [1.54, 1.807) is 14.0 Å². The molecule has 0 fully saturated rings. The van der Waals surface area contributed by atoms with Crippen LogP contribution in [0.25, 0.3) is 0 Å². The van der Waals surface area contributed by atoms with Crippen LogP contribution in [0.1, 0.15) is 25.5 Å². The molecule has 2 N–H and O–H groups in total. The average molecular weight is 266 g/mol. The van der Waals surface area contributed by atoms with Crippen molar-refractivity contribution in [3.63, 3.8) is 0 Å². The molecule has 0 radical (unpaired) electrons. The highest BCUT2D eigenvalue weighted by Crippen LogP contribution is 2.22. The molecule has 19 heavy (non-hydrogen) atoms. The summed E-state index contributed by atoms with van der Waals surface area (Å²) in [4.78, 5) is 2.16. The average Bonchev–Trinajstić information content (AvgIpc) is 2.38. The molecule has 1 aromatic carbocycles. The standard InChI is InChI=1S/C15H26N2O2/c1-11(12(2)18)16-10-15(17(3)4)13-7-6-8-14(9-13)19-5/h6-9,11-12,15-16,18H,10H2,1-5H3. The van der Waals surface area contributed by atoms with Gasteiger partial charge in [-0.05, 0) is 45.6 Å². The molecule has 0 aromatic heterocycles. The van der Waals surface area contributed by atoms with E-state index in [0.717, 1.165) is 12.3 Å². The summed E-state index contributed by atoms with van der Waals surface area (Å²) in [5.74, 6) is 0.868. The van der Waals surface area contributed by atoms with Crippen molar-refractivity contribution in [2.75, 3.05) is 27.7 Å². The third-order valence-corrected chi connectivity index (χ3v) is 3.46. The van der Waals surface area contributed by atoms with E-state index in [2.05, 4.69) is 36.4 Å². The third-order valence-electron chi connectivity index (χ3n) is 3.46. The van der Waals surface area contributed by atoms with Crippen LogP contribution in [0.4, 0.5) is 0 Å². The van der Waals surface area contributed by atoms with Crippen LogP contribution < -0.4 is 10.1 Å². The summed E-state index contributed by atoms with van der Waals surface area (Å²) in [6, 6.07) is 8.43. The minimum Gasteiger partial charge on any atom is -0.497 e. The smallest absolute Gasteiger partial charge is 0.119 e. The van der Waals surface area contributed by atoms with Crippen LogP contribution in [0.15, 0.2) is 24.3 Å². The lowest BCUT2D eigenvalue weighted by molar-refractivity contribution is 0.146. The number of hydrogen-bond donors (Lipinski definition) is 2. The van der Waals surface area contributed by atoms with E-state index in [1.807, 2.05) is 19.1 Å². The number of aliphatic hydroxyl groups excluding tert-OH is 1. The first kappa shape index (κ1) is 16.0. The van der Waals surface area contributed by atoms with Gasteiger partial charge in [0.2, 0.25) is 0 Å². The van der Waals surface area contributed by atoms with Crippen LogP contribution in [0.2, 0.25) is 0 Å². The Morgan fingerprint density at radius 2 is 2.00 bits per heavy atom.